The van der Waals surface area contributed by atoms with Gasteiger partial charge in [-0.1, -0.05) is 84.9 Å². The number of aliphatic carboxylic acids is 1. The zero-order valence-corrected chi connectivity index (χ0v) is 26.1. The monoisotopic (exact) mass is 634 g/mol. The van der Waals surface area contributed by atoms with Crippen molar-refractivity contribution < 1.29 is 31.5 Å². The molecule has 0 bridgehead atoms. The Balaban J connectivity index is 1.54. The molecule has 5 aromatic rings. The third-order valence-electron chi connectivity index (χ3n) is 8.29. The lowest BCUT2D eigenvalue weighted by atomic mass is 9.83. The topological polar surface area (TPSA) is 79.6 Å². The number of rotatable bonds is 9. The molecule has 0 saturated heterocycles. The summed E-state index contributed by atoms with van der Waals surface area (Å²) in [5, 5.41) is 10.9. The van der Waals surface area contributed by atoms with Crippen LogP contribution in [0, 0.1) is 6.92 Å². The molecule has 10 heteroatoms. The number of aromatic nitrogens is 1. The van der Waals surface area contributed by atoms with Gasteiger partial charge < -0.3 is 9.67 Å². The number of fused-ring (bicyclic) bond motifs is 1. The van der Waals surface area contributed by atoms with Crippen LogP contribution < -0.4 is 0 Å². The molecular formula is C35H33F3N2O4S. The van der Waals surface area contributed by atoms with E-state index in [4.69, 9.17) is 0 Å². The number of halogens is 3. The summed E-state index contributed by atoms with van der Waals surface area (Å²) in [6.07, 6.45) is -4.59. The summed E-state index contributed by atoms with van der Waals surface area (Å²) < 4.78 is 71.8. The zero-order valence-electron chi connectivity index (χ0n) is 25.3. The second kappa shape index (κ2) is 11.8. The fraction of sp³-hybridized carbons (Fsp3) is 0.229. The average Bonchev–Trinajstić information content (AvgIpc) is 3.37. The second-order valence-electron chi connectivity index (χ2n) is 11.7. The van der Waals surface area contributed by atoms with Crippen molar-refractivity contribution in [3.63, 3.8) is 0 Å². The molecule has 0 atom stereocenters. The first-order valence-electron chi connectivity index (χ1n) is 14.2. The molecule has 0 saturated carbocycles. The van der Waals surface area contributed by atoms with Crippen LogP contribution in [-0.4, -0.2) is 28.4 Å². The largest absolute Gasteiger partial charge is 0.481 e. The van der Waals surface area contributed by atoms with Gasteiger partial charge >= 0.3 is 12.1 Å². The Labute approximate surface area is 260 Å². The van der Waals surface area contributed by atoms with Crippen LogP contribution in [0.5, 0.6) is 0 Å². The molecule has 6 nitrogen and oxygen atoms in total. The van der Waals surface area contributed by atoms with E-state index in [1.54, 1.807) is 63.2 Å². The minimum absolute atomic E-state index is 0.0934. The molecule has 0 amide bonds. The van der Waals surface area contributed by atoms with E-state index < -0.39 is 33.3 Å². The average molecular weight is 635 g/mol. The summed E-state index contributed by atoms with van der Waals surface area (Å²) in [4.78, 5) is 11.9. The van der Waals surface area contributed by atoms with Gasteiger partial charge in [-0.2, -0.15) is 17.5 Å². The van der Waals surface area contributed by atoms with Crippen LogP contribution in [0.1, 0.15) is 41.9 Å². The summed E-state index contributed by atoms with van der Waals surface area (Å²) in [7, 11) is -2.93. The van der Waals surface area contributed by atoms with E-state index >= 15 is 0 Å². The van der Waals surface area contributed by atoms with Gasteiger partial charge in [-0.25, -0.2) is 8.42 Å². The van der Waals surface area contributed by atoms with E-state index in [0.29, 0.717) is 22.1 Å². The van der Waals surface area contributed by atoms with Gasteiger partial charge in [-0.05, 0) is 66.1 Å². The van der Waals surface area contributed by atoms with Gasteiger partial charge in [-0.3, -0.25) is 4.79 Å². The lowest BCUT2D eigenvalue weighted by Crippen LogP contribution is -2.32. The molecule has 1 heterocycles. The summed E-state index contributed by atoms with van der Waals surface area (Å²) in [6, 6.07) is 27.4. The Hall–Kier alpha value is -4.41. The number of nitrogens with zero attached hydrogens (tertiary/aromatic N) is 2. The predicted molar refractivity (Wildman–Crippen MR) is 168 cm³/mol. The lowest BCUT2D eigenvalue weighted by molar-refractivity contribution is -0.143. The van der Waals surface area contributed by atoms with Crippen molar-refractivity contribution >= 4 is 26.8 Å². The van der Waals surface area contributed by atoms with Crippen LogP contribution in [-0.2, 0) is 46.5 Å². The Kier molecular flexibility index (Phi) is 8.41. The lowest BCUT2D eigenvalue weighted by Gasteiger charge is -2.25. The van der Waals surface area contributed by atoms with Crippen LogP contribution in [0.4, 0.5) is 13.2 Å². The summed E-state index contributed by atoms with van der Waals surface area (Å²) in [5.41, 5.74) is 1.64. The highest BCUT2D eigenvalue weighted by Gasteiger charge is 2.35. The second-order valence-corrected chi connectivity index (χ2v) is 13.6. The van der Waals surface area contributed by atoms with E-state index in [1.807, 2.05) is 42.5 Å². The van der Waals surface area contributed by atoms with E-state index in [-0.39, 0.29) is 23.7 Å². The summed E-state index contributed by atoms with van der Waals surface area (Å²) in [6.45, 7) is 4.59. The molecule has 4 aromatic carbocycles. The molecule has 0 spiro atoms. The number of aryl methyl sites for hydroxylation is 1. The number of carboxylic acids is 1. The van der Waals surface area contributed by atoms with Gasteiger partial charge in [0.1, 0.15) is 5.69 Å². The maximum atomic E-state index is 14.4. The van der Waals surface area contributed by atoms with Gasteiger partial charge in [0.25, 0.3) is 0 Å². The number of hydrogen-bond donors (Lipinski definition) is 1. The fourth-order valence-corrected chi connectivity index (χ4v) is 7.26. The number of benzene rings is 4. The third kappa shape index (κ3) is 6.25. The first-order chi connectivity index (χ1) is 21.1. The number of sulfonamides is 1. The molecule has 5 rings (SSSR count). The van der Waals surface area contributed by atoms with Crippen molar-refractivity contribution in [3.05, 3.63) is 125 Å². The number of alkyl halides is 3. The van der Waals surface area contributed by atoms with Gasteiger partial charge in [0.15, 0.2) is 0 Å². The predicted octanol–water partition coefficient (Wildman–Crippen LogP) is 7.93. The number of carbonyl (C=O) groups is 1. The minimum Gasteiger partial charge on any atom is -0.481 e. The quantitative estimate of drug-likeness (QED) is 0.179. The van der Waals surface area contributed by atoms with Crippen LogP contribution in [0.2, 0.25) is 0 Å². The highest BCUT2D eigenvalue weighted by atomic mass is 32.2. The first kappa shape index (κ1) is 32.0. The Morgan fingerprint density at radius 3 is 2.18 bits per heavy atom. The highest BCUT2D eigenvalue weighted by molar-refractivity contribution is 7.89. The van der Waals surface area contributed by atoms with Gasteiger partial charge in [0.2, 0.25) is 10.0 Å². The summed E-state index contributed by atoms with van der Waals surface area (Å²) in [5.74, 6) is -0.946. The SMILES string of the molecule is Cc1ccc2ccccc2c1S(=O)(=O)N(Cc1ccc(-c2cccc(C(C)(C)C(=O)O)c2)cc1)Cc1ccc(C(F)(F)F)n1C. The highest BCUT2D eigenvalue weighted by Crippen LogP contribution is 2.34. The molecule has 234 valence electrons. The van der Waals surface area contributed by atoms with Crippen molar-refractivity contribution in [2.24, 2.45) is 7.05 Å². The molecule has 45 heavy (non-hydrogen) atoms. The normalized spacial score (nSPS) is 12.6. The van der Waals surface area contributed by atoms with Crippen molar-refractivity contribution in [3.8, 4) is 11.1 Å². The van der Waals surface area contributed by atoms with E-state index in [1.165, 1.54) is 17.4 Å². The van der Waals surface area contributed by atoms with Gasteiger partial charge in [0, 0.05) is 24.7 Å². The Morgan fingerprint density at radius 1 is 0.844 bits per heavy atom. The smallest absolute Gasteiger partial charge is 0.431 e. The molecular weight excluding hydrogens is 601 g/mol. The molecule has 1 N–H and O–H groups in total. The molecule has 0 aliphatic carbocycles. The van der Waals surface area contributed by atoms with Gasteiger partial charge in [0.05, 0.1) is 16.9 Å². The van der Waals surface area contributed by atoms with Crippen molar-refractivity contribution in [2.45, 2.75) is 50.3 Å². The number of carboxylic acid groups (broad SMARTS) is 1. The standard InChI is InChI=1S/C35H33F3N2O4S/c1-23-12-15-26-8-5-6-11-30(26)32(23)45(43,44)40(22-29-18-19-31(39(29)4)35(36,37)38)21-24-13-16-25(17-14-24)27-9-7-10-28(20-27)34(2,3)33(41)42/h5-20H,21-22H2,1-4H3,(H,41,42). The van der Waals surface area contributed by atoms with E-state index in [0.717, 1.165) is 27.1 Å². The van der Waals surface area contributed by atoms with Crippen LogP contribution in [0.3, 0.4) is 0 Å². The van der Waals surface area contributed by atoms with Crippen LogP contribution in [0.15, 0.2) is 102 Å². The molecule has 0 aliphatic rings. The molecule has 0 aliphatic heterocycles. The molecule has 0 radical (unpaired) electrons. The maximum absolute atomic E-state index is 14.4. The summed E-state index contributed by atoms with van der Waals surface area (Å²) >= 11 is 0. The van der Waals surface area contributed by atoms with Crippen molar-refractivity contribution in [1.82, 2.24) is 8.87 Å². The Morgan fingerprint density at radius 2 is 1.53 bits per heavy atom. The van der Waals surface area contributed by atoms with Crippen molar-refractivity contribution in [2.75, 3.05) is 0 Å². The Bertz CT molecular complexity index is 2000. The maximum Gasteiger partial charge on any atom is 0.431 e. The minimum atomic E-state index is -4.59. The molecule has 0 unspecified atom stereocenters. The van der Waals surface area contributed by atoms with Crippen LogP contribution in [0.25, 0.3) is 21.9 Å². The third-order valence-corrected chi connectivity index (χ3v) is 10.3. The van der Waals surface area contributed by atoms with Crippen LogP contribution >= 0.6 is 0 Å². The van der Waals surface area contributed by atoms with E-state index in [2.05, 4.69) is 0 Å². The van der Waals surface area contributed by atoms with Gasteiger partial charge in [-0.15, -0.1) is 0 Å². The fourth-order valence-electron chi connectivity index (χ4n) is 5.44. The number of hydrogen-bond acceptors (Lipinski definition) is 3. The van der Waals surface area contributed by atoms with Crippen molar-refractivity contribution in [1.29, 1.82) is 0 Å². The molecule has 1 aromatic heterocycles. The van der Waals surface area contributed by atoms with E-state index in [9.17, 15) is 31.5 Å². The zero-order chi connectivity index (χ0) is 32.7. The first-order valence-corrected chi connectivity index (χ1v) is 15.7. The molecule has 0 fully saturated rings.